The van der Waals surface area contributed by atoms with Crippen molar-refractivity contribution in [2.75, 3.05) is 23.7 Å². The predicted molar refractivity (Wildman–Crippen MR) is 140 cm³/mol. The van der Waals surface area contributed by atoms with Gasteiger partial charge in [-0.3, -0.25) is 4.79 Å². The van der Waals surface area contributed by atoms with Gasteiger partial charge in [-0.25, -0.2) is 0 Å². The van der Waals surface area contributed by atoms with E-state index in [9.17, 15) is 4.79 Å². The first-order valence-electron chi connectivity index (χ1n) is 13.0. The van der Waals surface area contributed by atoms with E-state index in [-0.39, 0.29) is 5.78 Å². The molecule has 176 valence electrons. The molecule has 0 spiro atoms. The molecule has 0 bridgehead atoms. The van der Waals surface area contributed by atoms with Gasteiger partial charge in [0.05, 0.1) is 0 Å². The number of hydrogen-bond donors (Lipinski definition) is 2. The minimum Gasteiger partial charge on any atom is -0.385 e. The standard InChI is InChI=1S/C29H44N2O/c1-3-5-7-9-11-13-23-30-27-19-15-25(16-20-27)29(32)26-17-21-28(22-18-26)31-24-14-12-10-8-6-4-2/h15-22,30-31H,3-14,23-24H2,1-2H3. The zero-order valence-electron chi connectivity index (χ0n) is 20.4. The molecular formula is C29H44N2O. The molecule has 0 fully saturated rings. The van der Waals surface area contributed by atoms with Gasteiger partial charge in [0, 0.05) is 35.6 Å². The first kappa shape index (κ1) is 26.0. The van der Waals surface area contributed by atoms with Crippen LogP contribution < -0.4 is 10.6 Å². The molecule has 0 heterocycles. The fourth-order valence-corrected chi connectivity index (χ4v) is 3.92. The molecule has 0 saturated heterocycles. The largest absolute Gasteiger partial charge is 0.385 e. The second-order valence-electron chi connectivity index (χ2n) is 8.87. The summed E-state index contributed by atoms with van der Waals surface area (Å²) in [4.78, 5) is 12.8. The Hall–Kier alpha value is -2.29. The van der Waals surface area contributed by atoms with Crippen LogP contribution in [0.4, 0.5) is 11.4 Å². The first-order chi connectivity index (χ1) is 15.7. The molecule has 0 aromatic heterocycles. The Balaban J connectivity index is 1.69. The molecule has 2 aromatic rings. The van der Waals surface area contributed by atoms with Crippen LogP contribution in [0.3, 0.4) is 0 Å². The minimum absolute atomic E-state index is 0.0787. The molecule has 0 atom stereocenters. The van der Waals surface area contributed by atoms with Crippen LogP contribution in [-0.4, -0.2) is 18.9 Å². The number of unbranched alkanes of at least 4 members (excludes halogenated alkanes) is 10. The van der Waals surface area contributed by atoms with E-state index < -0.39 is 0 Å². The van der Waals surface area contributed by atoms with E-state index >= 15 is 0 Å². The van der Waals surface area contributed by atoms with Gasteiger partial charge < -0.3 is 10.6 Å². The SMILES string of the molecule is CCCCCCCCNc1ccc(C(=O)c2ccc(NCCCCCCCC)cc2)cc1. The predicted octanol–water partition coefficient (Wildman–Crippen LogP) is 8.46. The Morgan fingerprint density at radius 3 is 1.25 bits per heavy atom. The number of anilines is 2. The van der Waals surface area contributed by atoms with Crippen LogP contribution in [0.2, 0.25) is 0 Å². The molecule has 0 radical (unpaired) electrons. The van der Waals surface area contributed by atoms with Crippen LogP contribution in [0.25, 0.3) is 0 Å². The molecule has 0 amide bonds. The quantitative estimate of drug-likeness (QED) is 0.182. The zero-order chi connectivity index (χ0) is 22.9. The topological polar surface area (TPSA) is 41.1 Å². The Bertz CT molecular complexity index is 673. The normalized spacial score (nSPS) is 10.8. The maximum atomic E-state index is 12.8. The Morgan fingerprint density at radius 1 is 0.531 bits per heavy atom. The molecule has 3 heteroatoms. The highest BCUT2D eigenvalue weighted by atomic mass is 16.1. The maximum Gasteiger partial charge on any atom is 0.193 e. The van der Waals surface area contributed by atoms with E-state index in [1.807, 2.05) is 48.5 Å². The molecule has 32 heavy (non-hydrogen) atoms. The van der Waals surface area contributed by atoms with Crippen molar-refractivity contribution in [2.45, 2.75) is 90.9 Å². The number of nitrogens with one attached hydrogen (secondary N) is 2. The lowest BCUT2D eigenvalue weighted by Crippen LogP contribution is -2.05. The summed E-state index contributed by atoms with van der Waals surface area (Å²) in [5.74, 6) is 0.0787. The third-order valence-electron chi connectivity index (χ3n) is 6.01. The molecule has 0 aliphatic rings. The summed E-state index contributed by atoms with van der Waals surface area (Å²) in [7, 11) is 0. The molecule has 2 N–H and O–H groups in total. The van der Waals surface area contributed by atoms with Crippen molar-refractivity contribution in [1.29, 1.82) is 0 Å². The summed E-state index contributed by atoms with van der Waals surface area (Å²) in [6, 6.07) is 15.8. The second-order valence-corrected chi connectivity index (χ2v) is 8.87. The van der Waals surface area contributed by atoms with Gasteiger partial charge in [0.1, 0.15) is 0 Å². The van der Waals surface area contributed by atoms with E-state index in [1.165, 1.54) is 77.0 Å². The number of ketones is 1. The fourth-order valence-electron chi connectivity index (χ4n) is 3.92. The molecule has 0 aliphatic carbocycles. The van der Waals surface area contributed by atoms with E-state index in [0.29, 0.717) is 0 Å². The van der Waals surface area contributed by atoms with Gasteiger partial charge in [0.25, 0.3) is 0 Å². The van der Waals surface area contributed by atoms with E-state index in [2.05, 4.69) is 24.5 Å². The molecule has 2 rings (SSSR count). The first-order valence-corrected chi connectivity index (χ1v) is 13.0. The summed E-state index contributed by atoms with van der Waals surface area (Å²) in [6.45, 7) is 6.49. The van der Waals surface area contributed by atoms with Crippen molar-refractivity contribution in [3.63, 3.8) is 0 Å². The van der Waals surface area contributed by atoms with Crippen molar-refractivity contribution in [3.8, 4) is 0 Å². The van der Waals surface area contributed by atoms with Gasteiger partial charge in [-0.2, -0.15) is 0 Å². The fraction of sp³-hybridized carbons (Fsp3) is 0.552. The van der Waals surface area contributed by atoms with Gasteiger partial charge in [0.15, 0.2) is 5.78 Å². The monoisotopic (exact) mass is 436 g/mol. The van der Waals surface area contributed by atoms with Crippen molar-refractivity contribution in [3.05, 3.63) is 59.7 Å². The molecule has 0 unspecified atom stereocenters. The highest BCUT2D eigenvalue weighted by Gasteiger charge is 2.09. The molecule has 0 aliphatic heterocycles. The molecular weight excluding hydrogens is 392 g/mol. The van der Waals surface area contributed by atoms with Gasteiger partial charge in [-0.05, 0) is 61.4 Å². The van der Waals surface area contributed by atoms with Crippen molar-refractivity contribution in [1.82, 2.24) is 0 Å². The number of benzene rings is 2. The summed E-state index contributed by atoms with van der Waals surface area (Å²) >= 11 is 0. The summed E-state index contributed by atoms with van der Waals surface area (Å²) in [5.41, 5.74) is 3.65. The van der Waals surface area contributed by atoms with Crippen LogP contribution in [0.15, 0.2) is 48.5 Å². The van der Waals surface area contributed by atoms with Crippen LogP contribution in [0, 0.1) is 0 Å². The lowest BCUT2D eigenvalue weighted by Gasteiger charge is -2.09. The smallest absolute Gasteiger partial charge is 0.193 e. The average molecular weight is 437 g/mol. The minimum atomic E-state index is 0.0787. The van der Waals surface area contributed by atoms with Crippen molar-refractivity contribution >= 4 is 17.2 Å². The summed E-state index contributed by atoms with van der Waals surface area (Å²) < 4.78 is 0. The number of rotatable bonds is 18. The highest BCUT2D eigenvalue weighted by molar-refractivity contribution is 6.09. The van der Waals surface area contributed by atoms with Gasteiger partial charge >= 0.3 is 0 Å². The lowest BCUT2D eigenvalue weighted by atomic mass is 10.0. The average Bonchev–Trinajstić information content (AvgIpc) is 2.83. The Kier molecular flexibility index (Phi) is 13.3. The molecule has 0 saturated carbocycles. The van der Waals surface area contributed by atoms with Crippen LogP contribution in [0.5, 0.6) is 0 Å². The molecule has 2 aromatic carbocycles. The van der Waals surface area contributed by atoms with Gasteiger partial charge in [0.2, 0.25) is 0 Å². The van der Waals surface area contributed by atoms with Crippen LogP contribution in [-0.2, 0) is 0 Å². The maximum absolute atomic E-state index is 12.8. The molecule has 3 nitrogen and oxygen atoms in total. The summed E-state index contributed by atoms with van der Waals surface area (Å²) in [6.07, 6.45) is 15.6. The number of hydrogen-bond acceptors (Lipinski definition) is 3. The van der Waals surface area contributed by atoms with E-state index in [0.717, 1.165) is 35.6 Å². The van der Waals surface area contributed by atoms with E-state index in [4.69, 9.17) is 0 Å². The second kappa shape index (κ2) is 16.4. The highest BCUT2D eigenvalue weighted by Crippen LogP contribution is 2.17. The van der Waals surface area contributed by atoms with Crippen LogP contribution >= 0.6 is 0 Å². The van der Waals surface area contributed by atoms with Gasteiger partial charge in [-0.1, -0.05) is 78.1 Å². The third-order valence-corrected chi connectivity index (χ3v) is 6.01. The lowest BCUT2D eigenvalue weighted by molar-refractivity contribution is 0.103. The number of carbonyl (C=O) groups is 1. The Labute approximate surface area is 196 Å². The summed E-state index contributed by atoms with van der Waals surface area (Å²) in [5, 5.41) is 6.94. The zero-order valence-corrected chi connectivity index (χ0v) is 20.4. The third kappa shape index (κ3) is 10.3. The number of carbonyl (C=O) groups excluding carboxylic acids is 1. The van der Waals surface area contributed by atoms with Crippen LogP contribution in [0.1, 0.15) is 107 Å². The van der Waals surface area contributed by atoms with E-state index in [1.54, 1.807) is 0 Å². The Morgan fingerprint density at radius 2 is 0.875 bits per heavy atom. The van der Waals surface area contributed by atoms with Crippen molar-refractivity contribution in [2.24, 2.45) is 0 Å². The van der Waals surface area contributed by atoms with Gasteiger partial charge in [-0.15, -0.1) is 0 Å². The van der Waals surface area contributed by atoms with Crippen molar-refractivity contribution < 1.29 is 4.79 Å².